The van der Waals surface area contributed by atoms with E-state index in [1.165, 1.54) is 0 Å². The van der Waals surface area contributed by atoms with E-state index in [0.29, 0.717) is 5.92 Å². The number of rotatable bonds is 0. The molecule has 0 aromatic carbocycles. The Bertz CT molecular complexity index is 122. The van der Waals surface area contributed by atoms with Crippen LogP contribution in [0.1, 0.15) is 13.3 Å². The molecule has 0 saturated carbocycles. The van der Waals surface area contributed by atoms with Gasteiger partial charge in [-0.05, 0) is 0 Å². The molecule has 2 N–H and O–H groups in total. The quantitative estimate of drug-likeness (QED) is 0.367. The second-order valence-corrected chi connectivity index (χ2v) is 2.45. The van der Waals surface area contributed by atoms with Crippen molar-refractivity contribution in [3.05, 3.63) is 0 Å². The highest BCUT2D eigenvalue weighted by atomic mass is 16.4. The second kappa shape index (κ2) is 2.82. The summed E-state index contributed by atoms with van der Waals surface area (Å²) >= 11 is 0. The van der Waals surface area contributed by atoms with Crippen LogP contribution in [0.15, 0.2) is 5.16 Å². The fraction of sp³-hybridized carbons (Fsp3) is 0.833. The fourth-order valence-electron chi connectivity index (χ4n) is 1.05. The van der Waals surface area contributed by atoms with Gasteiger partial charge in [-0.1, -0.05) is 12.1 Å². The van der Waals surface area contributed by atoms with E-state index < -0.39 is 0 Å². The van der Waals surface area contributed by atoms with Crippen LogP contribution in [-0.4, -0.2) is 24.0 Å². The highest BCUT2D eigenvalue weighted by Gasteiger charge is 2.14. The van der Waals surface area contributed by atoms with Crippen LogP contribution < -0.4 is 5.32 Å². The van der Waals surface area contributed by atoms with Crippen LogP contribution >= 0.6 is 0 Å². The Labute approximate surface area is 54.8 Å². The Morgan fingerprint density at radius 1 is 1.78 bits per heavy atom. The number of nitrogens with one attached hydrogen (secondary N) is 1. The van der Waals surface area contributed by atoms with Gasteiger partial charge in [0.2, 0.25) is 0 Å². The zero-order chi connectivity index (χ0) is 6.69. The van der Waals surface area contributed by atoms with Crippen LogP contribution in [0, 0.1) is 5.92 Å². The monoisotopic (exact) mass is 128 g/mol. The van der Waals surface area contributed by atoms with Gasteiger partial charge in [-0.3, -0.25) is 0 Å². The van der Waals surface area contributed by atoms with Crippen LogP contribution in [0.2, 0.25) is 0 Å². The first-order chi connectivity index (χ1) is 4.34. The standard InChI is InChI=1S/C6H12N2O/c1-5-4-7-3-2-6(5)8-9/h5,7,9H,2-4H2,1H3. The van der Waals surface area contributed by atoms with Crippen molar-refractivity contribution in [3.8, 4) is 0 Å². The summed E-state index contributed by atoms with van der Waals surface area (Å²) in [5, 5.41) is 14.8. The Hall–Kier alpha value is -0.570. The van der Waals surface area contributed by atoms with E-state index in [1.807, 2.05) is 0 Å². The molecule has 9 heavy (non-hydrogen) atoms. The zero-order valence-electron chi connectivity index (χ0n) is 5.59. The Balaban J connectivity index is 2.49. The van der Waals surface area contributed by atoms with Gasteiger partial charge < -0.3 is 10.5 Å². The first-order valence-corrected chi connectivity index (χ1v) is 3.26. The van der Waals surface area contributed by atoms with Crippen molar-refractivity contribution in [2.75, 3.05) is 13.1 Å². The van der Waals surface area contributed by atoms with Crippen molar-refractivity contribution in [2.45, 2.75) is 13.3 Å². The van der Waals surface area contributed by atoms with Gasteiger partial charge in [-0.2, -0.15) is 0 Å². The van der Waals surface area contributed by atoms with Crippen molar-refractivity contribution in [1.29, 1.82) is 0 Å². The van der Waals surface area contributed by atoms with E-state index in [2.05, 4.69) is 17.4 Å². The maximum atomic E-state index is 8.42. The molecule has 3 heteroatoms. The fourth-order valence-corrected chi connectivity index (χ4v) is 1.05. The summed E-state index contributed by atoms with van der Waals surface area (Å²) < 4.78 is 0. The van der Waals surface area contributed by atoms with Gasteiger partial charge in [0.1, 0.15) is 0 Å². The maximum Gasteiger partial charge on any atom is 0.0624 e. The van der Waals surface area contributed by atoms with Crippen molar-refractivity contribution < 1.29 is 5.21 Å². The summed E-state index contributed by atoms with van der Waals surface area (Å²) in [7, 11) is 0. The number of piperidine rings is 1. The average Bonchev–Trinajstić information content (AvgIpc) is 1.89. The minimum Gasteiger partial charge on any atom is -0.411 e. The molecule has 3 nitrogen and oxygen atoms in total. The summed E-state index contributed by atoms with van der Waals surface area (Å²) in [6.45, 7) is 3.95. The molecule has 1 saturated heterocycles. The van der Waals surface area contributed by atoms with Crippen molar-refractivity contribution in [2.24, 2.45) is 11.1 Å². The minimum atomic E-state index is 0.406. The number of hydrogen-bond acceptors (Lipinski definition) is 3. The van der Waals surface area contributed by atoms with Crippen molar-refractivity contribution in [1.82, 2.24) is 5.32 Å². The molecular formula is C6H12N2O. The zero-order valence-corrected chi connectivity index (χ0v) is 5.59. The molecule has 1 aliphatic heterocycles. The lowest BCUT2D eigenvalue weighted by molar-refractivity contribution is 0.311. The van der Waals surface area contributed by atoms with Crippen LogP contribution in [0.5, 0.6) is 0 Å². The lowest BCUT2D eigenvalue weighted by Gasteiger charge is -2.19. The smallest absolute Gasteiger partial charge is 0.0624 e. The van der Waals surface area contributed by atoms with E-state index in [0.717, 1.165) is 25.2 Å². The highest BCUT2D eigenvalue weighted by molar-refractivity contribution is 5.86. The van der Waals surface area contributed by atoms with Gasteiger partial charge in [0.05, 0.1) is 5.71 Å². The molecule has 0 bridgehead atoms. The largest absolute Gasteiger partial charge is 0.411 e. The lowest BCUT2D eigenvalue weighted by atomic mass is 10.00. The summed E-state index contributed by atoms with van der Waals surface area (Å²) in [5.74, 6) is 0.406. The molecule has 1 aliphatic rings. The van der Waals surface area contributed by atoms with Gasteiger partial charge in [0.15, 0.2) is 0 Å². The predicted octanol–water partition coefficient (Wildman–Crippen LogP) is 0.446. The molecule has 1 unspecified atom stereocenters. The lowest BCUT2D eigenvalue weighted by Crippen LogP contribution is -2.35. The second-order valence-electron chi connectivity index (χ2n) is 2.45. The molecule has 0 aromatic rings. The van der Waals surface area contributed by atoms with Gasteiger partial charge >= 0.3 is 0 Å². The van der Waals surface area contributed by atoms with Crippen molar-refractivity contribution in [3.63, 3.8) is 0 Å². The third-order valence-electron chi connectivity index (χ3n) is 1.71. The normalized spacial score (nSPS) is 33.0. The van der Waals surface area contributed by atoms with E-state index in [9.17, 15) is 0 Å². The molecule has 0 radical (unpaired) electrons. The molecule has 52 valence electrons. The Kier molecular flexibility index (Phi) is 2.05. The SMILES string of the molecule is CC1CNCCC1=NO. The van der Waals surface area contributed by atoms with Crippen LogP contribution in [0.4, 0.5) is 0 Å². The summed E-state index contributed by atoms with van der Waals surface area (Å²) in [4.78, 5) is 0. The number of hydrogen-bond donors (Lipinski definition) is 2. The molecule has 0 aromatic heterocycles. The number of nitrogens with zero attached hydrogens (tertiary/aromatic N) is 1. The Morgan fingerprint density at radius 2 is 2.56 bits per heavy atom. The van der Waals surface area contributed by atoms with Gasteiger partial charge in [0, 0.05) is 25.4 Å². The van der Waals surface area contributed by atoms with Crippen LogP contribution in [0.3, 0.4) is 0 Å². The summed E-state index contributed by atoms with van der Waals surface area (Å²) in [5.41, 5.74) is 0.925. The molecular weight excluding hydrogens is 116 g/mol. The van der Waals surface area contributed by atoms with E-state index >= 15 is 0 Å². The van der Waals surface area contributed by atoms with Gasteiger partial charge in [-0.25, -0.2) is 0 Å². The summed E-state index contributed by atoms with van der Waals surface area (Å²) in [6, 6.07) is 0. The minimum absolute atomic E-state index is 0.406. The van der Waals surface area contributed by atoms with E-state index in [-0.39, 0.29) is 0 Å². The third kappa shape index (κ3) is 1.42. The first kappa shape index (κ1) is 6.55. The van der Waals surface area contributed by atoms with Crippen LogP contribution in [0.25, 0.3) is 0 Å². The average molecular weight is 128 g/mol. The third-order valence-corrected chi connectivity index (χ3v) is 1.71. The molecule has 1 heterocycles. The molecule has 1 atom stereocenters. The van der Waals surface area contributed by atoms with E-state index in [1.54, 1.807) is 0 Å². The molecule has 1 fully saturated rings. The first-order valence-electron chi connectivity index (χ1n) is 3.26. The Morgan fingerprint density at radius 3 is 3.00 bits per heavy atom. The predicted molar refractivity (Wildman–Crippen MR) is 35.9 cm³/mol. The topological polar surface area (TPSA) is 44.6 Å². The highest BCUT2D eigenvalue weighted by Crippen LogP contribution is 2.04. The van der Waals surface area contributed by atoms with Crippen molar-refractivity contribution >= 4 is 5.71 Å². The van der Waals surface area contributed by atoms with Crippen LogP contribution in [-0.2, 0) is 0 Å². The molecule has 1 rings (SSSR count). The molecule has 0 amide bonds. The maximum absolute atomic E-state index is 8.42. The number of oxime groups is 1. The molecule has 0 aliphatic carbocycles. The van der Waals surface area contributed by atoms with E-state index in [4.69, 9.17) is 5.21 Å². The van der Waals surface area contributed by atoms with Gasteiger partial charge in [-0.15, -0.1) is 0 Å². The van der Waals surface area contributed by atoms with Gasteiger partial charge in [0.25, 0.3) is 0 Å². The molecule has 0 spiro atoms. The summed E-state index contributed by atoms with van der Waals surface area (Å²) in [6.07, 6.45) is 0.887.